The number of carbonyl (C=O) groups is 1. The van der Waals surface area contributed by atoms with Crippen molar-refractivity contribution in [3.8, 4) is 0 Å². The average Bonchev–Trinajstić information content (AvgIpc) is 2.84. The minimum atomic E-state index is -4.73. The fraction of sp³-hybridized carbons (Fsp3) is 0.500. The van der Waals surface area contributed by atoms with Crippen molar-refractivity contribution >= 4 is 5.91 Å². The van der Waals surface area contributed by atoms with Gasteiger partial charge in [-0.1, -0.05) is 0 Å². The lowest BCUT2D eigenvalue weighted by atomic mass is 10.0. The Morgan fingerprint density at radius 3 is 2.71 bits per heavy atom. The molecule has 0 radical (unpaired) electrons. The van der Waals surface area contributed by atoms with Gasteiger partial charge in [0.1, 0.15) is 0 Å². The number of hydrogen-bond donors (Lipinski definition) is 1. The predicted octanol–water partition coefficient (Wildman–Crippen LogP) is 1.42. The quantitative estimate of drug-likeness (QED) is 0.818. The van der Waals surface area contributed by atoms with E-state index in [9.17, 15) is 23.1 Å². The molecule has 1 fully saturated rings. The van der Waals surface area contributed by atoms with Crippen LogP contribution in [0, 0.1) is 0 Å². The molecule has 1 N–H and O–H groups in total. The highest BCUT2D eigenvalue weighted by molar-refractivity contribution is 5.91. The molecular weight excluding hydrogens is 239 g/mol. The lowest BCUT2D eigenvalue weighted by molar-refractivity contribution is -0.253. The van der Waals surface area contributed by atoms with E-state index in [1.54, 1.807) is 0 Å². The lowest BCUT2D eigenvalue weighted by Gasteiger charge is -2.25. The molecule has 0 saturated carbocycles. The van der Waals surface area contributed by atoms with E-state index in [-0.39, 0.29) is 12.3 Å². The molecule has 1 aromatic rings. The summed E-state index contributed by atoms with van der Waals surface area (Å²) in [4.78, 5) is 12.6. The number of alkyl halides is 3. The third kappa shape index (κ3) is 2.02. The van der Waals surface area contributed by atoms with Gasteiger partial charge in [-0.3, -0.25) is 4.79 Å². The molecule has 94 valence electrons. The zero-order valence-corrected chi connectivity index (χ0v) is 8.70. The van der Waals surface area contributed by atoms with E-state index in [0.29, 0.717) is 0 Å². The standard InChI is InChI=1S/C10H10F3NO3/c11-10(12,13)9(16)3-4-14(6-9)8(15)7-2-1-5-17-7/h1-2,5,16H,3-4,6H2. The summed E-state index contributed by atoms with van der Waals surface area (Å²) >= 11 is 0. The highest BCUT2D eigenvalue weighted by Gasteiger charge is 2.57. The van der Waals surface area contributed by atoms with E-state index in [1.807, 2.05) is 0 Å². The normalized spacial score (nSPS) is 25.3. The first-order valence-electron chi connectivity index (χ1n) is 4.95. The number of hydrogen-bond acceptors (Lipinski definition) is 3. The Hall–Kier alpha value is -1.50. The van der Waals surface area contributed by atoms with E-state index in [0.717, 1.165) is 4.90 Å². The van der Waals surface area contributed by atoms with E-state index < -0.39 is 30.7 Å². The molecule has 1 saturated heterocycles. The van der Waals surface area contributed by atoms with Gasteiger partial charge in [-0.25, -0.2) is 0 Å². The molecule has 1 aliphatic rings. The Labute approximate surface area is 94.6 Å². The number of halogens is 3. The summed E-state index contributed by atoms with van der Waals surface area (Å²) in [6.45, 7) is -0.897. The van der Waals surface area contributed by atoms with E-state index in [2.05, 4.69) is 0 Å². The van der Waals surface area contributed by atoms with Gasteiger partial charge in [0, 0.05) is 13.0 Å². The molecule has 2 rings (SSSR count). The minimum absolute atomic E-state index is 0.0311. The second-order valence-electron chi connectivity index (χ2n) is 3.98. The molecule has 0 aliphatic carbocycles. The topological polar surface area (TPSA) is 53.7 Å². The summed E-state index contributed by atoms with van der Waals surface area (Å²) in [6, 6.07) is 2.84. The summed E-state index contributed by atoms with van der Waals surface area (Å²) < 4.78 is 42.3. The van der Waals surface area contributed by atoms with Gasteiger partial charge in [0.25, 0.3) is 5.91 Å². The second kappa shape index (κ2) is 3.76. The molecule has 1 amide bonds. The van der Waals surface area contributed by atoms with Crippen molar-refractivity contribution in [1.82, 2.24) is 4.90 Å². The minimum Gasteiger partial charge on any atom is -0.459 e. The smallest absolute Gasteiger partial charge is 0.419 e. The van der Waals surface area contributed by atoms with Crippen LogP contribution in [0.4, 0.5) is 13.2 Å². The van der Waals surface area contributed by atoms with Crippen molar-refractivity contribution in [1.29, 1.82) is 0 Å². The molecule has 7 heteroatoms. The van der Waals surface area contributed by atoms with Crippen LogP contribution >= 0.6 is 0 Å². The number of rotatable bonds is 1. The summed E-state index contributed by atoms with van der Waals surface area (Å²) in [5, 5.41) is 9.40. The van der Waals surface area contributed by atoms with Crippen LogP contribution in [-0.4, -0.2) is 40.8 Å². The predicted molar refractivity (Wildman–Crippen MR) is 50.2 cm³/mol. The first-order chi connectivity index (χ1) is 7.83. The SMILES string of the molecule is O=C(c1ccco1)N1CCC(O)(C(F)(F)F)C1. The number of likely N-dealkylation sites (tertiary alicyclic amines) is 1. The number of aliphatic hydroxyl groups is 1. The molecule has 17 heavy (non-hydrogen) atoms. The van der Waals surface area contributed by atoms with Crippen LogP contribution in [0.5, 0.6) is 0 Å². The fourth-order valence-electron chi connectivity index (χ4n) is 1.75. The van der Waals surface area contributed by atoms with E-state index in [4.69, 9.17) is 4.42 Å². The van der Waals surface area contributed by atoms with Crippen molar-refractivity contribution in [2.75, 3.05) is 13.1 Å². The number of β-amino-alcohol motifs (C(OH)–C–C–N with tert-alkyl or cyclic N) is 1. The zero-order valence-electron chi connectivity index (χ0n) is 8.70. The molecule has 1 atom stereocenters. The molecule has 1 aromatic heterocycles. The van der Waals surface area contributed by atoms with Gasteiger partial charge in [-0.2, -0.15) is 13.2 Å². The summed E-state index contributed by atoms with van der Waals surface area (Å²) in [5.74, 6) is -0.674. The van der Waals surface area contributed by atoms with Gasteiger partial charge >= 0.3 is 6.18 Å². The molecule has 0 aromatic carbocycles. The van der Waals surface area contributed by atoms with Crippen molar-refractivity contribution in [2.45, 2.75) is 18.2 Å². The van der Waals surface area contributed by atoms with Crippen molar-refractivity contribution in [2.24, 2.45) is 0 Å². The molecule has 2 heterocycles. The van der Waals surface area contributed by atoms with Gasteiger partial charge in [0.2, 0.25) is 0 Å². The number of nitrogens with zero attached hydrogens (tertiary/aromatic N) is 1. The molecule has 4 nitrogen and oxygen atoms in total. The van der Waals surface area contributed by atoms with Crippen LogP contribution in [0.2, 0.25) is 0 Å². The van der Waals surface area contributed by atoms with Gasteiger partial charge < -0.3 is 14.4 Å². The van der Waals surface area contributed by atoms with Crippen molar-refractivity contribution < 1.29 is 27.5 Å². The van der Waals surface area contributed by atoms with E-state index >= 15 is 0 Å². The maximum Gasteiger partial charge on any atom is 0.419 e. The van der Waals surface area contributed by atoms with Crippen LogP contribution in [0.3, 0.4) is 0 Å². The van der Waals surface area contributed by atoms with Gasteiger partial charge in [0.05, 0.1) is 12.8 Å². The maximum absolute atomic E-state index is 12.5. The number of amides is 1. The van der Waals surface area contributed by atoms with Gasteiger partial charge in [0.15, 0.2) is 11.4 Å². The lowest BCUT2D eigenvalue weighted by Crippen LogP contribution is -2.48. The first-order valence-corrected chi connectivity index (χ1v) is 4.95. The maximum atomic E-state index is 12.5. The Morgan fingerprint density at radius 2 is 2.24 bits per heavy atom. The molecular formula is C10H10F3NO3. The molecule has 0 spiro atoms. The number of carbonyl (C=O) groups excluding carboxylic acids is 1. The third-order valence-electron chi connectivity index (χ3n) is 2.79. The number of furan rings is 1. The van der Waals surface area contributed by atoms with Crippen molar-refractivity contribution in [3.05, 3.63) is 24.2 Å². The Kier molecular flexibility index (Phi) is 2.65. The Morgan fingerprint density at radius 1 is 1.53 bits per heavy atom. The fourth-order valence-corrected chi connectivity index (χ4v) is 1.75. The molecule has 0 bridgehead atoms. The second-order valence-corrected chi connectivity index (χ2v) is 3.98. The van der Waals surface area contributed by atoms with Crippen molar-refractivity contribution in [3.63, 3.8) is 0 Å². The largest absolute Gasteiger partial charge is 0.459 e. The van der Waals surface area contributed by atoms with Crippen LogP contribution in [0.25, 0.3) is 0 Å². The average molecular weight is 249 g/mol. The highest BCUT2D eigenvalue weighted by Crippen LogP contribution is 2.37. The first kappa shape index (κ1) is 12.0. The highest BCUT2D eigenvalue weighted by atomic mass is 19.4. The zero-order chi connectivity index (χ0) is 12.7. The van der Waals surface area contributed by atoms with Crippen LogP contribution in [0.15, 0.2) is 22.8 Å². The van der Waals surface area contributed by atoms with E-state index in [1.165, 1.54) is 18.4 Å². The monoisotopic (exact) mass is 249 g/mol. The molecule has 1 aliphatic heterocycles. The molecule has 1 unspecified atom stereocenters. The van der Waals surface area contributed by atoms with Crippen LogP contribution in [0.1, 0.15) is 17.0 Å². The van der Waals surface area contributed by atoms with Crippen LogP contribution in [-0.2, 0) is 0 Å². The summed E-state index contributed by atoms with van der Waals surface area (Å²) in [6.07, 6.45) is -3.98. The van der Waals surface area contributed by atoms with Gasteiger partial charge in [-0.05, 0) is 12.1 Å². The van der Waals surface area contributed by atoms with Crippen LogP contribution < -0.4 is 0 Å². The summed E-state index contributed by atoms with van der Waals surface area (Å²) in [7, 11) is 0. The Bertz CT molecular complexity index is 415. The third-order valence-corrected chi connectivity index (χ3v) is 2.79. The Balaban J connectivity index is 2.11. The summed E-state index contributed by atoms with van der Waals surface area (Å²) in [5.41, 5.74) is -2.81. The van der Waals surface area contributed by atoms with Gasteiger partial charge in [-0.15, -0.1) is 0 Å².